The Labute approximate surface area is 115 Å². The zero-order chi connectivity index (χ0) is 13.9. The van der Waals surface area contributed by atoms with E-state index in [0.29, 0.717) is 11.4 Å². The quantitative estimate of drug-likeness (QED) is 0.680. The molecule has 2 heterocycles. The van der Waals surface area contributed by atoms with Crippen molar-refractivity contribution in [2.75, 3.05) is 5.32 Å². The van der Waals surface area contributed by atoms with Crippen molar-refractivity contribution in [1.29, 1.82) is 0 Å². The van der Waals surface area contributed by atoms with Gasteiger partial charge in [0.05, 0.1) is 17.4 Å². The molecular weight excluding hydrogens is 254 g/mol. The number of rotatable bonds is 4. The third-order valence-corrected chi connectivity index (χ3v) is 3.07. The minimum atomic E-state index is -0.184. The second-order valence-electron chi connectivity index (χ2n) is 4.62. The molecule has 0 aliphatic heterocycles. The van der Waals surface area contributed by atoms with Crippen molar-refractivity contribution in [3.63, 3.8) is 0 Å². The van der Waals surface area contributed by atoms with E-state index >= 15 is 0 Å². The van der Waals surface area contributed by atoms with Gasteiger partial charge in [-0.3, -0.25) is 9.89 Å². The fourth-order valence-electron chi connectivity index (χ4n) is 2.09. The maximum absolute atomic E-state index is 12.1. The predicted molar refractivity (Wildman–Crippen MR) is 76.6 cm³/mol. The Hall–Kier alpha value is -2.63. The van der Waals surface area contributed by atoms with Crippen LogP contribution in [0.5, 0.6) is 0 Å². The molecule has 3 aromatic rings. The summed E-state index contributed by atoms with van der Waals surface area (Å²) in [4.78, 5) is 19.3. The van der Waals surface area contributed by atoms with Gasteiger partial charge in [-0.1, -0.05) is 13.3 Å². The van der Waals surface area contributed by atoms with E-state index in [1.54, 1.807) is 18.5 Å². The second kappa shape index (κ2) is 5.16. The van der Waals surface area contributed by atoms with Gasteiger partial charge in [-0.15, -0.1) is 0 Å². The summed E-state index contributed by atoms with van der Waals surface area (Å²) in [7, 11) is 0. The van der Waals surface area contributed by atoms with Gasteiger partial charge >= 0.3 is 0 Å². The Morgan fingerprint density at radius 1 is 1.35 bits per heavy atom. The third-order valence-electron chi connectivity index (χ3n) is 3.07. The van der Waals surface area contributed by atoms with E-state index in [0.717, 1.165) is 29.6 Å². The summed E-state index contributed by atoms with van der Waals surface area (Å²) >= 11 is 0. The summed E-state index contributed by atoms with van der Waals surface area (Å²) in [5, 5.41) is 9.76. The van der Waals surface area contributed by atoms with Crippen LogP contribution in [0, 0.1) is 0 Å². The second-order valence-corrected chi connectivity index (χ2v) is 4.62. The minimum Gasteiger partial charge on any atom is -0.345 e. The Kier molecular flexibility index (Phi) is 3.20. The number of aryl methyl sites for hydroxylation is 1. The van der Waals surface area contributed by atoms with Crippen molar-refractivity contribution >= 4 is 22.8 Å². The minimum absolute atomic E-state index is 0.184. The fraction of sp³-hybridized carbons (Fsp3) is 0.214. The largest absolute Gasteiger partial charge is 0.345 e. The van der Waals surface area contributed by atoms with Crippen LogP contribution in [0.2, 0.25) is 0 Å². The number of aromatic nitrogens is 4. The number of hydrogen-bond acceptors (Lipinski definition) is 3. The first-order valence-corrected chi connectivity index (χ1v) is 6.55. The first-order valence-electron chi connectivity index (χ1n) is 6.55. The van der Waals surface area contributed by atoms with Crippen molar-refractivity contribution in [2.24, 2.45) is 0 Å². The van der Waals surface area contributed by atoms with Crippen LogP contribution in [0.1, 0.15) is 29.4 Å². The molecular formula is C14H15N5O. The number of imidazole rings is 1. The van der Waals surface area contributed by atoms with Crippen LogP contribution in [-0.4, -0.2) is 26.1 Å². The van der Waals surface area contributed by atoms with Gasteiger partial charge in [-0.2, -0.15) is 5.10 Å². The number of anilines is 1. The van der Waals surface area contributed by atoms with E-state index in [2.05, 4.69) is 32.4 Å². The van der Waals surface area contributed by atoms with Crippen molar-refractivity contribution in [1.82, 2.24) is 20.2 Å². The fourth-order valence-corrected chi connectivity index (χ4v) is 2.09. The number of aromatic amines is 2. The zero-order valence-electron chi connectivity index (χ0n) is 11.1. The third kappa shape index (κ3) is 2.40. The van der Waals surface area contributed by atoms with Gasteiger partial charge in [-0.05, 0) is 24.6 Å². The maximum Gasteiger partial charge on any atom is 0.256 e. The zero-order valence-corrected chi connectivity index (χ0v) is 11.1. The number of H-pyrrole nitrogens is 2. The molecule has 20 heavy (non-hydrogen) atoms. The van der Waals surface area contributed by atoms with Crippen molar-refractivity contribution in [3.8, 4) is 0 Å². The standard InChI is InChI=1S/C14H15N5O/c1-2-3-10-7-13(19-18-10)17-14(20)9-4-5-11-12(6-9)16-8-15-11/h4-8H,2-3H2,1H3,(H,15,16)(H2,17,18,19,20). The molecule has 0 radical (unpaired) electrons. The van der Waals surface area contributed by atoms with Crippen molar-refractivity contribution < 1.29 is 4.79 Å². The number of benzene rings is 1. The summed E-state index contributed by atoms with van der Waals surface area (Å²) in [6.45, 7) is 2.10. The van der Waals surface area contributed by atoms with Crippen LogP contribution < -0.4 is 5.32 Å². The van der Waals surface area contributed by atoms with Crippen LogP contribution in [0.4, 0.5) is 5.82 Å². The molecule has 1 amide bonds. The van der Waals surface area contributed by atoms with E-state index in [9.17, 15) is 4.79 Å². The molecule has 0 spiro atoms. The van der Waals surface area contributed by atoms with Gasteiger partial charge in [-0.25, -0.2) is 4.98 Å². The number of amides is 1. The normalized spacial score (nSPS) is 10.8. The molecule has 6 heteroatoms. The summed E-state index contributed by atoms with van der Waals surface area (Å²) in [6.07, 6.45) is 3.56. The highest BCUT2D eigenvalue weighted by molar-refractivity contribution is 6.05. The first-order chi connectivity index (χ1) is 9.76. The number of carbonyl (C=O) groups excluding carboxylic acids is 1. The van der Waals surface area contributed by atoms with Crippen LogP contribution in [0.3, 0.4) is 0 Å². The molecule has 0 bridgehead atoms. The lowest BCUT2D eigenvalue weighted by Gasteiger charge is -2.01. The van der Waals surface area contributed by atoms with Crippen LogP contribution >= 0.6 is 0 Å². The Morgan fingerprint density at radius 2 is 2.25 bits per heavy atom. The van der Waals surface area contributed by atoms with Crippen molar-refractivity contribution in [3.05, 3.63) is 41.9 Å². The van der Waals surface area contributed by atoms with E-state index in [-0.39, 0.29) is 5.91 Å². The highest BCUT2D eigenvalue weighted by atomic mass is 16.1. The number of nitrogens with zero attached hydrogens (tertiary/aromatic N) is 2. The first kappa shape index (κ1) is 12.4. The maximum atomic E-state index is 12.1. The molecule has 1 aromatic carbocycles. The molecule has 0 fully saturated rings. The van der Waals surface area contributed by atoms with Gasteiger partial charge in [0, 0.05) is 17.3 Å². The van der Waals surface area contributed by atoms with E-state index in [4.69, 9.17) is 0 Å². The topological polar surface area (TPSA) is 86.5 Å². The molecule has 3 rings (SSSR count). The number of fused-ring (bicyclic) bond motifs is 1. The molecule has 0 saturated heterocycles. The number of hydrogen-bond donors (Lipinski definition) is 3. The molecule has 3 N–H and O–H groups in total. The molecule has 0 saturated carbocycles. The molecule has 0 aliphatic rings. The molecule has 0 unspecified atom stereocenters. The Bertz CT molecular complexity index is 743. The Morgan fingerprint density at radius 3 is 3.10 bits per heavy atom. The summed E-state index contributed by atoms with van der Waals surface area (Å²) in [5.41, 5.74) is 3.27. The lowest BCUT2D eigenvalue weighted by molar-refractivity contribution is 0.102. The summed E-state index contributed by atoms with van der Waals surface area (Å²) in [6, 6.07) is 7.19. The van der Waals surface area contributed by atoms with Gasteiger partial charge in [0.25, 0.3) is 5.91 Å². The summed E-state index contributed by atoms with van der Waals surface area (Å²) in [5.74, 6) is 0.360. The monoisotopic (exact) mass is 269 g/mol. The van der Waals surface area contributed by atoms with Crippen LogP contribution in [-0.2, 0) is 6.42 Å². The van der Waals surface area contributed by atoms with Crippen LogP contribution in [0.15, 0.2) is 30.6 Å². The highest BCUT2D eigenvalue weighted by Gasteiger charge is 2.09. The van der Waals surface area contributed by atoms with Gasteiger partial charge in [0.15, 0.2) is 5.82 Å². The molecule has 6 nitrogen and oxygen atoms in total. The van der Waals surface area contributed by atoms with E-state index in [1.165, 1.54) is 0 Å². The van der Waals surface area contributed by atoms with Gasteiger partial charge in [0.2, 0.25) is 0 Å². The lowest BCUT2D eigenvalue weighted by atomic mass is 10.2. The smallest absolute Gasteiger partial charge is 0.256 e. The number of carbonyl (C=O) groups is 1. The summed E-state index contributed by atoms with van der Waals surface area (Å²) < 4.78 is 0. The van der Waals surface area contributed by atoms with Crippen LogP contribution in [0.25, 0.3) is 11.0 Å². The lowest BCUT2D eigenvalue weighted by Crippen LogP contribution is -2.12. The van der Waals surface area contributed by atoms with Gasteiger partial charge < -0.3 is 10.3 Å². The van der Waals surface area contributed by atoms with Gasteiger partial charge in [0.1, 0.15) is 0 Å². The van der Waals surface area contributed by atoms with E-state index < -0.39 is 0 Å². The Balaban J connectivity index is 1.77. The molecule has 102 valence electrons. The average molecular weight is 269 g/mol. The number of nitrogens with one attached hydrogen (secondary N) is 3. The van der Waals surface area contributed by atoms with Crippen molar-refractivity contribution in [2.45, 2.75) is 19.8 Å². The molecule has 2 aromatic heterocycles. The predicted octanol–water partition coefficient (Wildman–Crippen LogP) is 2.49. The SMILES string of the molecule is CCCc1cc(NC(=O)c2ccc3nc[nH]c3c2)n[nH]1. The highest BCUT2D eigenvalue weighted by Crippen LogP contribution is 2.14. The average Bonchev–Trinajstić information content (AvgIpc) is 3.07. The van der Waals surface area contributed by atoms with E-state index in [1.807, 2.05) is 12.1 Å². The molecule has 0 aliphatic carbocycles. The molecule has 0 atom stereocenters.